The van der Waals surface area contributed by atoms with Gasteiger partial charge in [0.15, 0.2) is 0 Å². The van der Waals surface area contributed by atoms with Crippen molar-refractivity contribution in [2.24, 2.45) is 0 Å². The molecule has 5 heteroatoms. The number of hydrogen-bond donors (Lipinski definition) is 2. The van der Waals surface area contributed by atoms with E-state index in [0.717, 1.165) is 11.3 Å². The highest BCUT2D eigenvalue weighted by molar-refractivity contribution is 5.76. The van der Waals surface area contributed by atoms with Gasteiger partial charge in [0.25, 0.3) is 0 Å². The fourth-order valence-corrected chi connectivity index (χ4v) is 2.11. The van der Waals surface area contributed by atoms with Crippen molar-refractivity contribution >= 4 is 11.6 Å². The minimum Gasteiger partial charge on any atom is -0.390 e. The van der Waals surface area contributed by atoms with Gasteiger partial charge in [-0.05, 0) is 32.4 Å². The lowest BCUT2D eigenvalue weighted by Gasteiger charge is -2.16. The van der Waals surface area contributed by atoms with Gasteiger partial charge in [-0.2, -0.15) is 0 Å². The van der Waals surface area contributed by atoms with Gasteiger partial charge in [0.05, 0.1) is 12.0 Å². The number of hydrogen-bond acceptors (Lipinski definition) is 3. The van der Waals surface area contributed by atoms with E-state index in [9.17, 15) is 9.90 Å². The molecule has 0 spiro atoms. The van der Waals surface area contributed by atoms with Crippen molar-refractivity contribution in [1.29, 1.82) is 0 Å². The standard InChI is InChI=1S/C15H21N3O2/c1-11-4-5-13-17-9-12(18(13)10-11)6-7-16-14(19)8-15(2,3)20/h4-5,9-10,20H,6-8H2,1-3H3,(H,16,19). The van der Waals surface area contributed by atoms with Crippen LogP contribution in [0.1, 0.15) is 31.5 Å². The van der Waals surface area contributed by atoms with Gasteiger partial charge in [0.2, 0.25) is 5.91 Å². The van der Waals surface area contributed by atoms with Crippen molar-refractivity contribution < 1.29 is 9.90 Å². The summed E-state index contributed by atoms with van der Waals surface area (Å²) in [7, 11) is 0. The number of amides is 1. The fourth-order valence-electron chi connectivity index (χ4n) is 2.11. The molecule has 2 rings (SSSR count). The van der Waals surface area contributed by atoms with Gasteiger partial charge in [0, 0.05) is 31.1 Å². The lowest BCUT2D eigenvalue weighted by atomic mass is 10.1. The largest absolute Gasteiger partial charge is 0.390 e. The predicted octanol–water partition coefficient (Wildman–Crippen LogP) is 1.46. The zero-order valence-corrected chi connectivity index (χ0v) is 12.2. The van der Waals surface area contributed by atoms with Crippen LogP contribution < -0.4 is 5.32 Å². The highest BCUT2D eigenvalue weighted by Gasteiger charge is 2.17. The molecule has 0 saturated heterocycles. The maximum Gasteiger partial charge on any atom is 0.222 e. The molecule has 20 heavy (non-hydrogen) atoms. The van der Waals surface area contributed by atoms with Crippen LogP contribution in [-0.2, 0) is 11.2 Å². The Morgan fingerprint density at radius 1 is 1.45 bits per heavy atom. The van der Waals surface area contributed by atoms with Gasteiger partial charge in [-0.3, -0.25) is 4.79 Å². The van der Waals surface area contributed by atoms with Crippen LogP contribution >= 0.6 is 0 Å². The van der Waals surface area contributed by atoms with Crippen LogP contribution in [0.3, 0.4) is 0 Å². The van der Waals surface area contributed by atoms with Crippen molar-refractivity contribution in [2.75, 3.05) is 6.54 Å². The zero-order valence-electron chi connectivity index (χ0n) is 12.2. The summed E-state index contributed by atoms with van der Waals surface area (Å²) in [6, 6.07) is 4.00. The highest BCUT2D eigenvalue weighted by Crippen LogP contribution is 2.09. The van der Waals surface area contributed by atoms with E-state index in [1.165, 1.54) is 5.56 Å². The molecule has 5 nitrogen and oxygen atoms in total. The summed E-state index contributed by atoms with van der Waals surface area (Å²) >= 11 is 0. The smallest absolute Gasteiger partial charge is 0.222 e. The minimum absolute atomic E-state index is 0.110. The maximum atomic E-state index is 11.6. The zero-order chi connectivity index (χ0) is 14.8. The summed E-state index contributed by atoms with van der Waals surface area (Å²) in [5.74, 6) is -0.137. The third-order valence-corrected chi connectivity index (χ3v) is 3.03. The fraction of sp³-hybridized carbons (Fsp3) is 0.467. The van der Waals surface area contributed by atoms with Crippen molar-refractivity contribution in [3.63, 3.8) is 0 Å². The molecule has 0 unspecified atom stereocenters. The summed E-state index contributed by atoms with van der Waals surface area (Å²) in [6.07, 6.45) is 4.69. The third-order valence-electron chi connectivity index (χ3n) is 3.03. The Balaban J connectivity index is 1.93. The molecule has 2 N–H and O–H groups in total. The quantitative estimate of drug-likeness (QED) is 0.868. The van der Waals surface area contributed by atoms with Crippen molar-refractivity contribution in [3.05, 3.63) is 35.8 Å². The number of nitrogens with zero attached hydrogens (tertiary/aromatic N) is 2. The van der Waals surface area contributed by atoms with E-state index in [1.54, 1.807) is 13.8 Å². The monoisotopic (exact) mass is 275 g/mol. The Hall–Kier alpha value is -1.88. The average Bonchev–Trinajstić information content (AvgIpc) is 2.69. The number of carbonyl (C=O) groups excluding carboxylic acids is 1. The molecule has 0 atom stereocenters. The molecule has 0 aromatic carbocycles. The Labute approximate surface area is 118 Å². The summed E-state index contributed by atoms with van der Waals surface area (Å²) < 4.78 is 2.04. The van der Waals surface area contributed by atoms with Gasteiger partial charge in [0.1, 0.15) is 5.65 Å². The molecule has 2 heterocycles. The number of pyridine rings is 1. The first kappa shape index (κ1) is 14.5. The van der Waals surface area contributed by atoms with Crippen molar-refractivity contribution in [3.8, 4) is 0 Å². The number of aromatic nitrogens is 2. The molecule has 0 fully saturated rings. The molecule has 0 bridgehead atoms. The Kier molecular flexibility index (Phi) is 4.09. The second kappa shape index (κ2) is 5.63. The van der Waals surface area contributed by atoms with E-state index >= 15 is 0 Å². The van der Waals surface area contributed by atoms with Gasteiger partial charge < -0.3 is 14.8 Å². The van der Waals surface area contributed by atoms with Gasteiger partial charge >= 0.3 is 0 Å². The summed E-state index contributed by atoms with van der Waals surface area (Å²) in [6.45, 7) is 5.82. The van der Waals surface area contributed by atoms with Gasteiger partial charge in [-0.1, -0.05) is 6.07 Å². The highest BCUT2D eigenvalue weighted by atomic mass is 16.3. The molecular formula is C15H21N3O2. The number of aliphatic hydroxyl groups is 1. The number of imidazole rings is 1. The van der Waals surface area contributed by atoms with Crippen LogP contribution in [0.5, 0.6) is 0 Å². The second-order valence-electron chi connectivity index (χ2n) is 5.77. The molecule has 0 aliphatic rings. The Morgan fingerprint density at radius 3 is 2.90 bits per heavy atom. The van der Waals surface area contributed by atoms with Gasteiger partial charge in [-0.15, -0.1) is 0 Å². The first-order valence-electron chi connectivity index (χ1n) is 6.77. The molecular weight excluding hydrogens is 254 g/mol. The summed E-state index contributed by atoms with van der Waals surface area (Å²) in [5.41, 5.74) is 2.17. The Bertz CT molecular complexity index is 611. The maximum absolute atomic E-state index is 11.6. The summed E-state index contributed by atoms with van der Waals surface area (Å²) in [4.78, 5) is 15.9. The van der Waals surface area contributed by atoms with E-state index in [0.29, 0.717) is 13.0 Å². The van der Waals surface area contributed by atoms with E-state index in [1.807, 2.05) is 35.9 Å². The molecule has 2 aromatic heterocycles. The molecule has 0 aliphatic heterocycles. The normalized spacial score (nSPS) is 11.8. The number of carbonyl (C=O) groups is 1. The molecule has 0 radical (unpaired) electrons. The second-order valence-corrected chi connectivity index (χ2v) is 5.77. The summed E-state index contributed by atoms with van der Waals surface area (Å²) in [5, 5.41) is 12.4. The van der Waals surface area contributed by atoms with Gasteiger partial charge in [-0.25, -0.2) is 4.98 Å². The lowest BCUT2D eigenvalue weighted by molar-refractivity contribution is -0.124. The first-order valence-corrected chi connectivity index (χ1v) is 6.77. The van der Waals surface area contributed by atoms with Crippen LogP contribution in [0.2, 0.25) is 0 Å². The first-order chi connectivity index (χ1) is 9.35. The molecule has 0 aliphatic carbocycles. The predicted molar refractivity (Wildman–Crippen MR) is 77.6 cm³/mol. The van der Waals surface area contributed by atoms with E-state index in [4.69, 9.17) is 0 Å². The van der Waals surface area contributed by atoms with Crippen molar-refractivity contribution in [2.45, 2.75) is 39.2 Å². The lowest BCUT2D eigenvalue weighted by Crippen LogP contribution is -2.33. The average molecular weight is 275 g/mol. The van der Waals surface area contributed by atoms with Crippen LogP contribution in [0.15, 0.2) is 24.5 Å². The van der Waals surface area contributed by atoms with E-state index < -0.39 is 5.60 Å². The Morgan fingerprint density at radius 2 is 2.20 bits per heavy atom. The number of nitrogens with one attached hydrogen (secondary N) is 1. The van der Waals surface area contributed by atoms with E-state index in [2.05, 4.69) is 10.3 Å². The number of rotatable bonds is 5. The van der Waals surface area contributed by atoms with Crippen LogP contribution in [0.25, 0.3) is 5.65 Å². The molecule has 1 amide bonds. The molecule has 0 saturated carbocycles. The van der Waals surface area contributed by atoms with Crippen LogP contribution in [0.4, 0.5) is 0 Å². The SMILES string of the molecule is Cc1ccc2ncc(CCNC(=O)CC(C)(C)O)n2c1. The number of aryl methyl sites for hydroxylation is 1. The van der Waals surface area contributed by atoms with Crippen LogP contribution in [-0.4, -0.2) is 32.5 Å². The van der Waals surface area contributed by atoms with E-state index in [-0.39, 0.29) is 12.3 Å². The number of fused-ring (bicyclic) bond motifs is 1. The van der Waals surface area contributed by atoms with Crippen LogP contribution in [0, 0.1) is 6.92 Å². The topological polar surface area (TPSA) is 66.6 Å². The minimum atomic E-state index is -0.968. The third kappa shape index (κ3) is 3.81. The molecule has 2 aromatic rings. The van der Waals surface area contributed by atoms with Crippen molar-refractivity contribution in [1.82, 2.24) is 14.7 Å². The molecule has 108 valence electrons.